The van der Waals surface area contributed by atoms with E-state index in [4.69, 9.17) is 0 Å². The second kappa shape index (κ2) is 7.16. The van der Waals surface area contributed by atoms with Gasteiger partial charge in [-0.25, -0.2) is 17.5 Å². The van der Waals surface area contributed by atoms with Gasteiger partial charge in [0.2, 0.25) is 10.0 Å². The Kier molecular flexibility index (Phi) is 5.39. The highest BCUT2D eigenvalue weighted by molar-refractivity contribution is 7.89. The van der Waals surface area contributed by atoms with E-state index in [-0.39, 0.29) is 22.1 Å². The van der Waals surface area contributed by atoms with Crippen molar-refractivity contribution in [3.05, 3.63) is 63.5 Å². The van der Waals surface area contributed by atoms with Gasteiger partial charge in [-0.3, -0.25) is 10.1 Å². The van der Waals surface area contributed by atoms with Gasteiger partial charge in [0, 0.05) is 12.1 Å². The molecule has 0 heterocycles. The standard InChI is InChI=1S/C16H18FN3O4S/c1-10-4-5-12(8-14(10)17)11(2)19-15-7-6-13(25(23,24)18-3)9-16(15)20(21)22/h4-9,11,18-19H,1-3H3. The molecule has 0 fully saturated rings. The van der Waals surface area contributed by atoms with Gasteiger partial charge in [-0.15, -0.1) is 0 Å². The van der Waals surface area contributed by atoms with E-state index in [1.165, 1.54) is 25.2 Å². The summed E-state index contributed by atoms with van der Waals surface area (Å²) in [4.78, 5) is 10.4. The van der Waals surface area contributed by atoms with E-state index in [0.717, 1.165) is 6.07 Å². The Bertz CT molecular complexity index is 916. The lowest BCUT2D eigenvalue weighted by molar-refractivity contribution is -0.384. The minimum Gasteiger partial charge on any atom is -0.373 e. The van der Waals surface area contributed by atoms with Crippen LogP contribution in [0, 0.1) is 22.9 Å². The number of hydrogen-bond donors (Lipinski definition) is 2. The first-order valence-electron chi connectivity index (χ1n) is 7.40. The quantitative estimate of drug-likeness (QED) is 0.603. The maximum absolute atomic E-state index is 13.7. The van der Waals surface area contributed by atoms with Gasteiger partial charge < -0.3 is 5.32 Å². The molecule has 25 heavy (non-hydrogen) atoms. The van der Waals surface area contributed by atoms with Crippen LogP contribution >= 0.6 is 0 Å². The highest BCUT2D eigenvalue weighted by Gasteiger charge is 2.21. The molecule has 0 aliphatic heterocycles. The molecular weight excluding hydrogens is 349 g/mol. The van der Waals surface area contributed by atoms with Crippen LogP contribution in [-0.2, 0) is 10.0 Å². The third kappa shape index (κ3) is 4.12. The Morgan fingerprint density at radius 3 is 2.44 bits per heavy atom. The summed E-state index contributed by atoms with van der Waals surface area (Å²) in [5.74, 6) is -0.365. The highest BCUT2D eigenvalue weighted by atomic mass is 32.2. The van der Waals surface area contributed by atoms with Crippen molar-refractivity contribution in [2.24, 2.45) is 0 Å². The first-order chi connectivity index (χ1) is 11.7. The van der Waals surface area contributed by atoms with E-state index in [9.17, 15) is 22.9 Å². The van der Waals surface area contributed by atoms with Crippen molar-refractivity contribution in [2.45, 2.75) is 24.8 Å². The van der Waals surface area contributed by atoms with Crippen molar-refractivity contribution in [2.75, 3.05) is 12.4 Å². The molecule has 9 heteroatoms. The van der Waals surface area contributed by atoms with Gasteiger partial charge in [-0.2, -0.15) is 0 Å². The van der Waals surface area contributed by atoms with Crippen molar-refractivity contribution < 1.29 is 17.7 Å². The largest absolute Gasteiger partial charge is 0.373 e. The number of benzene rings is 2. The molecule has 0 saturated carbocycles. The van der Waals surface area contributed by atoms with E-state index >= 15 is 0 Å². The fourth-order valence-electron chi connectivity index (χ4n) is 2.26. The smallest absolute Gasteiger partial charge is 0.293 e. The van der Waals surface area contributed by atoms with Gasteiger partial charge in [0.25, 0.3) is 5.69 Å². The Morgan fingerprint density at radius 2 is 1.88 bits per heavy atom. The highest BCUT2D eigenvalue weighted by Crippen LogP contribution is 2.31. The van der Waals surface area contributed by atoms with Crippen LogP contribution in [0.2, 0.25) is 0 Å². The predicted molar refractivity (Wildman–Crippen MR) is 92.5 cm³/mol. The molecule has 0 spiro atoms. The number of aryl methyl sites for hydroxylation is 1. The van der Waals surface area contributed by atoms with Crippen molar-refractivity contribution in [1.82, 2.24) is 4.72 Å². The molecular formula is C16H18FN3O4S. The summed E-state index contributed by atoms with van der Waals surface area (Å²) in [5.41, 5.74) is 0.886. The molecule has 0 bridgehead atoms. The Morgan fingerprint density at radius 1 is 1.20 bits per heavy atom. The minimum absolute atomic E-state index is 0.147. The zero-order valence-corrected chi connectivity index (χ0v) is 14.7. The maximum Gasteiger partial charge on any atom is 0.293 e. The number of nitrogens with zero attached hydrogens (tertiary/aromatic N) is 1. The van der Waals surface area contributed by atoms with Crippen LogP contribution in [-0.4, -0.2) is 20.4 Å². The van der Waals surface area contributed by atoms with E-state index in [1.807, 2.05) is 0 Å². The van der Waals surface area contributed by atoms with Gasteiger partial charge in [-0.05, 0) is 50.2 Å². The molecule has 2 aromatic carbocycles. The van der Waals surface area contributed by atoms with Gasteiger partial charge in [0.05, 0.1) is 9.82 Å². The monoisotopic (exact) mass is 367 g/mol. The summed E-state index contributed by atoms with van der Waals surface area (Å²) < 4.78 is 39.4. The Hall–Kier alpha value is -2.52. The van der Waals surface area contributed by atoms with Crippen LogP contribution in [0.5, 0.6) is 0 Å². The summed E-state index contributed by atoms with van der Waals surface area (Å²) in [6, 6.07) is 7.87. The van der Waals surface area contributed by atoms with Crippen LogP contribution in [0.3, 0.4) is 0 Å². The Labute approximate surface area is 145 Å². The van der Waals surface area contributed by atoms with Gasteiger partial charge in [-0.1, -0.05) is 12.1 Å². The lowest BCUT2D eigenvalue weighted by Crippen LogP contribution is -2.19. The van der Waals surface area contributed by atoms with Gasteiger partial charge in [0.1, 0.15) is 11.5 Å². The molecule has 2 N–H and O–H groups in total. The summed E-state index contributed by atoms with van der Waals surface area (Å²) >= 11 is 0. The SMILES string of the molecule is CNS(=O)(=O)c1ccc(NC(C)c2ccc(C)c(F)c2)c([N+](=O)[O-])c1. The Balaban J connectivity index is 2.38. The maximum atomic E-state index is 13.7. The topological polar surface area (TPSA) is 101 Å². The molecule has 1 atom stereocenters. The third-order valence-electron chi connectivity index (χ3n) is 3.81. The second-order valence-electron chi connectivity index (χ2n) is 5.52. The van der Waals surface area contributed by atoms with Crippen LogP contribution in [0.15, 0.2) is 41.3 Å². The number of halogens is 1. The molecule has 0 saturated heterocycles. The minimum atomic E-state index is -3.79. The number of nitrogens with one attached hydrogen (secondary N) is 2. The molecule has 2 rings (SSSR count). The average Bonchev–Trinajstić information content (AvgIpc) is 2.57. The zero-order valence-electron chi connectivity index (χ0n) is 13.9. The average molecular weight is 367 g/mol. The summed E-state index contributed by atoms with van der Waals surface area (Å²) in [6.45, 7) is 3.37. The van der Waals surface area contributed by atoms with Crippen LogP contribution < -0.4 is 10.0 Å². The molecule has 0 amide bonds. The lowest BCUT2D eigenvalue weighted by Gasteiger charge is -2.17. The number of rotatable bonds is 6. The fraction of sp³-hybridized carbons (Fsp3) is 0.250. The zero-order chi connectivity index (χ0) is 18.8. The number of nitro groups is 1. The normalized spacial score (nSPS) is 12.6. The van der Waals surface area contributed by atoms with Crippen molar-refractivity contribution >= 4 is 21.4 Å². The molecule has 7 nitrogen and oxygen atoms in total. The summed E-state index contributed by atoms with van der Waals surface area (Å²) in [5, 5.41) is 14.2. The van der Waals surface area contributed by atoms with Crippen LogP contribution in [0.4, 0.5) is 15.8 Å². The fourth-order valence-corrected chi connectivity index (χ4v) is 3.01. The molecule has 0 aliphatic rings. The van der Waals surface area contributed by atoms with E-state index in [2.05, 4.69) is 10.0 Å². The lowest BCUT2D eigenvalue weighted by atomic mass is 10.1. The molecule has 2 aromatic rings. The van der Waals surface area contributed by atoms with E-state index in [0.29, 0.717) is 11.1 Å². The summed E-state index contributed by atoms with van der Waals surface area (Å²) in [6.07, 6.45) is 0. The van der Waals surface area contributed by atoms with E-state index < -0.39 is 21.0 Å². The first kappa shape index (κ1) is 18.8. The molecule has 0 aliphatic carbocycles. The number of anilines is 1. The third-order valence-corrected chi connectivity index (χ3v) is 5.22. The van der Waals surface area contributed by atoms with Crippen LogP contribution in [0.1, 0.15) is 24.1 Å². The molecule has 1 unspecified atom stereocenters. The van der Waals surface area contributed by atoms with Crippen molar-refractivity contribution in [1.29, 1.82) is 0 Å². The molecule has 0 radical (unpaired) electrons. The van der Waals surface area contributed by atoms with Crippen LogP contribution in [0.25, 0.3) is 0 Å². The molecule has 0 aromatic heterocycles. The predicted octanol–water partition coefficient (Wildman–Crippen LogP) is 3.12. The van der Waals surface area contributed by atoms with E-state index in [1.54, 1.807) is 26.0 Å². The van der Waals surface area contributed by atoms with Crippen molar-refractivity contribution in [3.63, 3.8) is 0 Å². The van der Waals surface area contributed by atoms with Gasteiger partial charge >= 0.3 is 0 Å². The summed E-state index contributed by atoms with van der Waals surface area (Å²) in [7, 11) is -2.57. The first-order valence-corrected chi connectivity index (χ1v) is 8.88. The molecule has 134 valence electrons. The number of nitro benzene ring substituents is 1. The number of sulfonamides is 1. The number of hydrogen-bond acceptors (Lipinski definition) is 5. The van der Waals surface area contributed by atoms with Gasteiger partial charge in [0.15, 0.2) is 0 Å². The van der Waals surface area contributed by atoms with Crippen molar-refractivity contribution in [3.8, 4) is 0 Å². The second-order valence-corrected chi connectivity index (χ2v) is 7.40.